The molecular formula is C17H18N2O. The van der Waals surface area contributed by atoms with Crippen molar-refractivity contribution < 1.29 is 4.74 Å². The molecule has 3 heteroatoms. The second-order valence-corrected chi connectivity index (χ2v) is 4.77. The minimum absolute atomic E-state index is 0.643. The van der Waals surface area contributed by atoms with Crippen LogP contribution in [0.15, 0.2) is 54.7 Å². The van der Waals surface area contributed by atoms with Crippen molar-refractivity contribution in [2.45, 2.75) is 6.42 Å². The maximum Gasteiger partial charge on any atom is 0.118 e. The third kappa shape index (κ3) is 2.17. The van der Waals surface area contributed by atoms with E-state index in [-0.39, 0.29) is 0 Å². The lowest BCUT2D eigenvalue weighted by atomic mass is 10.0. The van der Waals surface area contributed by atoms with Crippen LogP contribution in [0.25, 0.3) is 16.6 Å². The van der Waals surface area contributed by atoms with Crippen LogP contribution < -0.4 is 10.5 Å². The number of benzene rings is 1. The first-order valence-corrected chi connectivity index (χ1v) is 6.77. The lowest BCUT2D eigenvalue weighted by Crippen LogP contribution is -2.06. The molecule has 0 saturated carbocycles. The van der Waals surface area contributed by atoms with Gasteiger partial charge in [-0.3, -0.25) is 0 Å². The molecule has 2 aromatic heterocycles. The van der Waals surface area contributed by atoms with E-state index in [0.717, 1.165) is 12.2 Å². The van der Waals surface area contributed by atoms with Crippen molar-refractivity contribution in [3.05, 3.63) is 60.4 Å². The van der Waals surface area contributed by atoms with Gasteiger partial charge in [-0.2, -0.15) is 0 Å². The molecule has 2 heterocycles. The van der Waals surface area contributed by atoms with E-state index < -0.39 is 0 Å². The van der Waals surface area contributed by atoms with Crippen molar-refractivity contribution in [3.8, 4) is 16.9 Å². The Morgan fingerprint density at radius 1 is 1.10 bits per heavy atom. The molecular weight excluding hydrogens is 248 g/mol. The number of aromatic nitrogens is 1. The second-order valence-electron chi connectivity index (χ2n) is 4.77. The summed E-state index contributed by atoms with van der Waals surface area (Å²) < 4.78 is 7.43. The third-order valence-electron chi connectivity index (χ3n) is 3.57. The highest BCUT2D eigenvalue weighted by molar-refractivity contribution is 5.74. The van der Waals surface area contributed by atoms with Crippen molar-refractivity contribution in [2.75, 3.05) is 13.7 Å². The first kappa shape index (κ1) is 12.8. The van der Waals surface area contributed by atoms with Crippen LogP contribution in [0.2, 0.25) is 0 Å². The van der Waals surface area contributed by atoms with E-state index in [4.69, 9.17) is 10.5 Å². The van der Waals surface area contributed by atoms with E-state index >= 15 is 0 Å². The number of ether oxygens (including phenoxy) is 1. The maximum atomic E-state index is 5.77. The summed E-state index contributed by atoms with van der Waals surface area (Å²) in [6, 6.07) is 16.6. The zero-order valence-corrected chi connectivity index (χ0v) is 11.5. The quantitative estimate of drug-likeness (QED) is 0.788. The van der Waals surface area contributed by atoms with E-state index in [1.54, 1.807) is 7.11 Å². The van der Waals surface area contributed by atoms with Gasteiger partial charge in [0.2, 0.25) is 0 Å². The smallest absolute Gasteiger partial charge is 0.118 e. The van der Waals surface area contributed by atoms with E-state index in [2.05, 4.69) is 40.9 Å². The Hall–Kier alpha value is -2.26. The van der Waals surface area contributed by atoms with Crippen LogP contribution in [-0.4, -0.2) is 18.1 Å². The molecule has 0 atom stereocenters. The first-order valence-electron chi connectivity index (χ1n) is 6.77. The fourth-order valence-electron chi connectivity index (χ4n) is 2.59. The van der Waals surface area contributed by atoms with Gasteiger partial charge in [0.25, 0.3) is 0 Å². The standard InChI is InChI=1S/C17H18N2O/c1-20-15-7-5-13(6-8-15)16-12-14-4-2-3-11-19(14)17(16)9-10-18/h2-8,11-12H,9-10,18H2,1H3. The largest absolute Gasteiger partial charge is 0.497 e. The van der Waals surface area contributed by atoms with Crippen molar-refractivity contribution >= 4 is 5.52 Å². The molecule has 0 amide bonds. The van der Waals surface area contributed by atoms with Crippen LogP contribution in [0.5, 0.6) is 5.75 Å². The molecule has 0 unspecified atom stereocenters. The first-order chi connectivity index (χ1) is 9.83. The Morgan fingerprint density at radius 2 is 1.90 bits per heavy atom. The van der Waals surface area contributed by atoms with Gasteiger partial charge in [-0.1, -0.05) is 18.2 Å². The average molecular weight is 266 g/mol. The van der Waals surface area contributed by atoms with E-state index in [1.165, 1.54) is 22.3 Å². The van der Waals surface area contributed by atoms with Crippen LogP contribution in [0.4, 0.5) is 0 Å². The molecule has 0 fully saturated rings. The molecule has 2 N–H and O–H groups in total. The number of rotatable bonds is 4. The van der Waals surface area contributed by atoms with Gasteiger partial charge in [0.1, 0.15) is 5.75 Å². The topological polar surface area (TPSA) is 39.7 Å². The van der Waals surface area contributed by atoms with E-state index in [9.17, 15) is 0 Å². The molecule has 3 nitrogen and oxygen atoms in total. The fraction of sp³-hybridized carbons (Fsp3) is 0.176. The molecule has 0 aliphatic heterocycles. The molecule has 20 heavy (non-hydrogen) atoms. The van der Waals surface area contributed by atoms with Crippen molar-refractivity contribution in [1.29, 1.82) is 0 Å². The number of nitrogens with two attached hydrogens (primary N) is 1. The van der Waals surface area contributed by atoms with Crippen molar-refractivity contribution in [3.63, 3.8) is 0 Å². The van der Waals surface area contributed by atoms with Gasteiger partial charge in [-0.25, -0.2) is 0 Å². The molecule has 0 spiro atoms. The van der Waals surface area contributed by atoms with Crippen LogP contribution in [0.3, 0.4) is 0 Å². The Balaban J connectivity index is 2.15. The number of hydrogen-bond acceptors (Lipinski definition) is 2. The summed E-state index contributed by atoms with van der Waals surface area (Å²) in [5, 5.41) is 0. The van der Waals surface area contributed by atoms with E-state index in [0.29, 0.717) is 6.54 Å². The molecule has 3 aromatic rings. The van der Waals surface area contributed by atoms with Gasteiger partial charge >= 0.3 is 0 Å². The number of methoxy groups -OCH3 is 1. The Bertz CT molecular complexity index is 713. The maximum absolute atomic E-state index is 5.77. The highest BCUT2D eigenvalue weighted by Crippen LogP contribution is 2.29. The highest BCUT2D eigenvalue weighted by atomic mass is 16.5. The van der Waals surface area contributed by atoms with Crippen molar-refractivity contribution in [2.24, 2.45) is 5.73 Å². The molecule has 3 rings (SSSR count). The highest BCUT2D eigenvalue weighted by Gasteiger charge is 2.11. The predicted octanol–water partition coefficient (Wildman–Crippen LogP) is 3.12. The minimum Gasteiger partial charge on any atom is -0.497 e. The summed E-state index contributed by atoms with van der Waals surface area (Å²) >= 11 is 0. The molecule has 1 aromatic carbocycles. The minimum atomic E-state index is 0.643. The zero-order chi connectivity index (χ0) is 13.9. The monoisotopic (exact) mass is 266 g/mol. The van der Waals surface area contributed by atoms with Gasteiger partial charge < -0.3 is 14.9 Å². The summed E-state index contributed by atoms with van der Waals surface area (Å²) in [6.07, 6.45) is 2.95. The van der Waals surface area contributed by atoms with Gasteiger partial charge in [0.05, 0.1) is 7.11 Å². The second kappa shape index (κ2) is 5.39. The lowest BCUT2D eigenvalue weighted by Gasteiger charge is -2.06. The summed E-state index contributed by atoms with van der Waals surface area (Å²) in [7, 11) is 1.68. The van der Waals surface area contributed by atoms with Crippen LogP contribution in [0, 0.1) is 0 Å². The summed E-state index contributed by atoms with van der Waals surface area (Å²) in [4.78, 5) is 0. The van der Waals surface area contributed by atoms with Crippen LogP contribution in [0.1, 0.15) is 5.69 Å². The third-order valence-corrected chi connectivity index (χ3v) is 3.57. The Kier molecular flexibility index (Phi) is 3.44. The summed E-state index contributed by atoms with van der Waals surface area (Å²) in [5.41, 5.74) is 10.7. The predicted molar refractivity (Wildman–Crippen MR) is 82.1 cm³/mol. The molecule has 102 valence electrons. The van der Waals surface area contributed by atoms with Crippen LogP contribution >= 0.6 is 0 Å². The molecule has 0 bridgehead atoms. The number of pyridine rings is 1. The normalized spacial score (nSPS) is 10.9. The van der Waals surface area contributed by atoms with Gasteiger partial charge in [0, 0.05) is 29.4 Å². The number of nitrogens with zero attached hydrogens (tertiary/aromatic N) is 1. The number of hydrogen-bond donors (Lipinski definition) is 1. The van der Waals surface area contributed by atoms with Crippen molar-refractivity contribution in [1.82, 2.24) is 4.40 Å². The number of fused-ring (bicyclic) bond motifs is 1. The fourth-order valence-corrected chi connectivity index (χ4v) is 2.59. The Labute approximate surface area is 118 Å². The molecule has 0 radical (unpaired) electrons. The van der Waals surface area contributed by atoms with E-state index in [1.807, 2.05) is 18.2 Å². The van der Waals surface area contributed by atoms with Gasteiger partial charge in [0.15, 0.2) is 0 Å². The summed E-state index contributed by atoms with van der Waals surface area (Å²) in [6.45, 7) is 0.643. The molecule has 0 saturated heterocycles. The zero-order valence-electron chi connectivity index (χ0n) is 11.5. The Morgan fingerprint density at radius 3 is 2.60 bits per heavy atom. The summed E-state index contributed by atoms with van der Waals surface area (Å²) in [5.74, 6) is 0.873. The molecule has 0 aliphatic rings. The molecule has 0 aliphatic carbocycles. The van der Waals surface area contributed by atoms with Gasteiger partial charge in [-0.15, -0.1) is 0 Å². The van der Waals surface area contributed by atoms with Gasteiger partial charge in [-0.05, 0) is 42.4 Å². The lowest BCUT2D eigenvalue weighted by molar-refractivity contribution is 0.415. The average Bonchev–Trinajstić information content (AvgIpc) is 2.87. The SMILES string of the molecule is COc1ccc(-c2cc3ccccn3c2CCN)cc1. The van der Waals surface area contributed by atoms with Crippen LogP contribution in [-0.2, 0) is 6.42 Å².